The maximum Gasteiger partial charge on any atom is 0.242 e. The molecule has 1 unspecified atom stereocenters. The average Bonchev–Trinajstić information content (AvgIpc) is 2.42. The molecule has 5 nitrogen and oxygen atoms in total. The van der Waals surface area contributed by atoms with Crippen LogP contribution in [0.4, 0.5) is 0 Å². The van der Waals surface area contributed by atoms with Gasteiger partial charge in [-0.05, 0) is 44.2 Å². The van der Waals surface area contributed by atoms with Gasteiger partial charge in [-0.25, -0.2) is 0 Å². The minimum atomic E-state index is -0.380. The number of hydrogen-bond acceptors (Lipinski definition) is 3. The molecule has 1 heterocycles. The van der Waals surface area contributed by atoms with Gasteiger partial charge in [0, 0.05) is 13.0 Å². The number of piperidine rings is 1. The second kappa shape index (κ2) is 8.95. The maximum absolute atomic E-state index is 12.3. The minimum absolute atomic E-state index is 0.0184. The molecule has 5 heteroatoms. The Morgan fingerprint density at radius 2 is 1.90 bits per heavy atom. The normalized spacial score (nSPS) is 17.8. The number of carbonyl (C=O) groups is 2. The fraction of sp³-hybridized carbons (Fsp3) is 0.867. The third-order valence-corrected chi connectivity index (χ3v) is 3.60. The van der Waals surface area contributed by atoms with Crippen molar-refractivity contribution in [2.75, 3.05) is 19.6 Å². The Balaban J connectivity index is 2.62. The summed E-state index contributed by atoms with van der Waals surface area (Å²) in [7, 11) is 0. The molecule has 0 radical (unpaired) electrons. The second-order valence-corrected chi connectivity index (χ2v) is 6.02. The molecule has 0 spiro atoms. The summed E-state index contributed by atoms with van der Waals surface area (Å²) in [5.74, 6) is 0.498. The first-order valence-electron chi connectivity index (χ1n) is 7.82. The summed E-state index contributed by atoms with van der Waals surface area (Å²) in [6.07, 6.45) is 3.26. The maximum atomic E-state index is 12.3. The van der Waals surface area contributed by atoms with Crippen molar-refractivity contribution >= 4 is 11.8 Å². The fourth-order valence-electron chi connectivity index (χ4n) is 2.54. The quantitative estimate of drug-likeness (QED) is 0.654. The highest BCUT2D eigenvalue weighted by Crippen LogP contribution is 2.17. The molecular formula is C15H29N3O2. The zero-order valence-corrected chi connectivity index (χ0v) is 13.0. The number of hydrogen-bond donors (Lipinski definition) is 3. The van der Waals surface area contributed by atoms with Crippen molar-refractivity contribution in [2.45, 2.75) is 52.5 Å². The molecule has 0 aromatic carbocycles. The molecule has 1 atom stereocenters. The molecule has 20 heavy (non-hydrogen) atoms. The molecule has 1 rings (SSSR count). The smallest absolute Gasteiger partial charge is 0.242 e. The van der Waals surface area contributed by atoms with E-state index in [2.05, 4.69) is 16.0 Å². The first-order chi connectivity index (χ1) is 9.54. The lowest BCUT2D eigenvalue weighted by atomic mass is 9.89. The van der Waals surface area contributed by atoms with Crippen molar-refractivity contribution in [1.29, 1.82) is 0 Å². The van der Waals surface area contributed by atoms with E-state index in [-0.39, 0.29) is 23.8 Å². The van der Waals surface area contributed by atoms with Crippen LogP contribution >= 0.6 is 0 Å². The Kier molecular flexibility index (Phi) is 7.59. The molecule has 1 aliphatic heterocycles. The van der Waals surface area contributed by atoms with Crippen LogP contribution in [0.1, 0.15) is 46.5 Å². The van der Waals surface area contributed by atoms with E-state index in [9.17, 15) is 9.59 Å². The van der Waals surface area contributed by atoms with Crippen LogP contribution in [0.5, 0.6) is 0 Å². The first kappa shape index (κ1) is 17.0. The summed E-state index contributed by atoms with van der Waals surface area (Å²) < 4.78 is 0. The van der Waals surface area contributed by atoms with Crippen LogP contribution in [0.2, 0.25) is 0 Å². The molecule has 2 amide bonds. The van der Waals surface area contributed by atoms with Gasteiger partial charge in [-0.1, -0.05) is 20.8 Å². The molecule has 0 aliphatic carbocycles. The first-order valence-corrected chi connectivity index (χ1v) is 7.82. The summed E-state index contributed by atoms with van der Waals surface area (Å²) in [5.41, 5.74) is 0. The van der Waals surface area contributed by atoms with E-state index in [1.807, 2.05) is 20.8 Å². The lowest BCUT2D eigenvalue weighted by molar-refractivity contribution is -0.131. The van der Waals surface area contributed by atoms with Crippen LogP contribution in [-0.4, -0.2) is 37.5 Å². The van der Waals surface area contributed by atoms with Gasteiger partial charge in [0.25, 0.3) is 0 Å². The largest absolute Gasteiger partial charge is 0.354 e. The van der Waals surface area contributed by atoms with Crippen molar-refractivity contribution in [2.24, 2.45) is 11.8 Å². The van der Waals surface area contributed by atoms with E-state index in [1.165, 1.54) is 0 Å². The topological polar surface area (TPSA) is 70.2 Å². The molecule has 3 N–H and O–H groups in total. The van der Waals surface area contributed by atoms with Crippen molar-refractivity contribution in [3.05, 3.63) is 0 Å². The number of nitrogens with one attached hydrogen (secondary N) is 3. The number of carbonyl (C=O) groups excluding carboxylic acids is 2. The van der Waals surface area contributed by atoms with E-state index >= 15 is 0 Å². The van der Waals surface area contributed by atoms with Gasteiger partial charge in [0.05, 0.1) is 0 Å². The molecule has 0 saturated carbocycles. The van der Waals surface area contributed by atoms with E-state index in [4.69, 9.17) is 0 Å². The predicted molar refractivity (Wildman–Crippen MR) is 80.3 cm³/mol. The second-order valence-electron chi connectivity index (χ2n) is 6.02. The highest BCUT2D eigenvalue weighted by atomic mass is 16.2. The summed E-state index contributed by atoms with van der Waals surface area (Å²) >= 11 is 0. The Labute approximate surface area is 122 Å². The fourth-order valence-corrected chi connectivity index (χ4v) is 2.54. The van der Waals surface area contributed by atoms with Crippen molar-refractivity contribution < 1.29 is 9.59 Å². The van der Waals surface area contributed by atoms with Gasteiger partial charge in [-0.2, -0.15) is 0 Å². The van der Waals surface area contributed by atoms with Crippen molar-refractivity contribution in [3.8, 4) is 0 Å². The summed E-state index contributed by atoms with van der Waals surface area (Å²) in [6, 6.07) is -0.380. The highest BCUT2D eigenvalue weighted by Gasteiger charge is 2.30. The van der Waals surface area contributed by atoms with Crippen molar-refractivity contribution in [1.82, 2.24) is 16.0 Å². The zero-order valence-electron chi connectivity index (χ0n) is 13.0. The summed E-state index contributed by atoms with van der Waals surface area (Å²) in [6.45, 7) is 8.55. The van der Waals surface area contributed by atoms with Gasteiger partial charge in [0.2, 0.25) is 11.8 Å². The van der Waals surface area contributed by atoms with E-state index in [0.717, 1.165) is 32.4 Å². The van der Waals surface area contributed by atoms with Crippen LogP contribution in [0.25, 0.3) is 0 Å². The number of rotatable bonds is 7. The van der Waals surface area contributed by atoms with Gasteiger partial charge in [-0.15, -0.1) is 0 Å². The van der Waals surface area contributed by atoms with Crippen LogP contribution in [0, 0.1) is 11.8 Å². The standard InChI is InChI=1S/C15H29N3O2/c1-4-7-17-15(20)14(12-5-8-16-9-6-12)18-13(19)10-11(2)3/h11-12,14,16H,4-10H2,1-3H3,(H,17,20)(H,18,19). The summed E-state index contributed by atoms with van der Waals surface area (Å²) in [4.78, 5) is 24.3. The van der Waals surface area contributed by atoms with Gasteiger partial charge in [-0.3, -0.25) is 9.59 Å². The predicted octanol–water partition coefficient (Wildman–Crippen LogP) is 1.04. The van der Waals surface area contributed by atoms with Gasteiger partial charge >= 0.3 is 0 Å². The average molecular weight is 283 g/mol. The van der Waals surface area contributed by atoms with Crippen LogP contribution in [0.15, 0.2) is 0 Å². The third kappa shape index (κ3) is 5.90. The SMILES string of the molecule is CCCNC(=O)C(NC(=O)CC(C)C)C1CCNCC1. The molecule has 1 aliphatic rings. The monoisotopic (exact) mass is 283 g/mol. The lowest BCUT2D eigenvalue weighted by Crippen LogP contribution is -2.53. The van der Waals surface area contributed by atoms with Gasteiger partial charge < -0.3 is 16.0 Å². The van der Waals surface area contributed by atoms with E-state index in [0.29, 0.717) is 18.9 Å². The molecule has 0 aromatic rings. The lowest BCUT2D eigenvalue weighted by Gasteiger charge is -2.30. The van der Waals surface area contributed by atoms with Crippen molar-refractivity contribution in [3.63, 3.8) is 0 Å². The van der Waals surface area contributed by atoms with E-state index in [1.54, 1.807) is 0 Å². The number of amides is 2. The third-order valence-electron chi connectivity index (χ3n) is 3.60. The Hall–Kier alpha value is -1.10. The van der Waals surface area contributed by atoms with Gasteiger partial charge in [0.15, 0.2) is 0 Å². The van der Waals surface area contributed by atoms with E-state index < -0.39 is 0 Å². The summed E-state index contributed by atoms with van der Waals surface area (Å²) in [5, 5.41) is 9.16. The Bertz CT molecular complexity index is 312. The van der Waals surface area contributed by atoms with Gasteiger partial charge in [0.1, 0.15) is 6.04 Å². The Morgan fingerprint density at radius 1 is 1.25 bits per heavy atom. The molecule has 1 saturated heterocycles. The molecular weight excluding hydrogens is 254 g/mol. The van der Waals surface area contributed by atoms with Crippen LogP contribution < -0.4 is 16.0 Å². The highest BCUT2D eigenvalue weighted by molar-refractivity contribution is 5.87. The molecule has 116 valence electrons. The molecule has 1 fully saturated rings. The minimum Gasteiger partial charge on any atom is -0.354 e. The molecule has 0 aromatic heterocycles. The Morgan fingerprint density at radius 3 is 2.45 bits per heavy atom. The van der Waals surface area contributed by atoms with Crippen LogP contribution in [-0.2, 0) is 9.59 Å². The zero-order chi connectivity index (χ0) is 15.0. The van der Waals surface area contributed by atoms with Crippen LogP contribution in [0.3, 0.4) is 0 Å². The molecule has 0 bridgehead atoms.